The van der Waals surface area contributed by atoms with Crippen LogP contribution in [-0.2, 0) is 18.8 Å². The molecule has 1 heterocycles. The van der Waals surface area contributed by atoms with Crippen LogP contribution in [0.4, 0.5) is 0 Å². The van der Waals surface area contributed by atoms with Gasteiger partial charge in [-0.3, -0.25) is 5.32 Å². The maximum atomic E-state index is 5.46. The van der Waals surface area contributed by atoms with Crippen molar-refractivity contribution in [1.29, 1.82) is 0 Å². The Kier molecular flexibility index (Phi) is 4.75. The Bertz CT molecular complexity index is 667. The van der Waals surface area contributed by atoms with E-state index in [2.05, 4.69) is 43.0 Å². The number of hydrogen-bond acceptors (Lipinski definition) is 3. The van der Waals surface area contributed by atoms with E-state index in [9.17, 15) is 0 Å². The third-order valence-corrected chi connectivity index (χ3v) is 4.02. The lowest BCUT2D eigenvalue weighted by Gasteiger charge is -2.26. The van der Waals surface area contributed by atoms with Crippen molar-refractivity contribution >= 4 is 12.2 Å². The van der Waals surface area contributed by atoms with Gasteiger partial charge in [-0.2, -0.15) is 5.10 Å². The third-order valence-electron chi connectivity index (χ3n) is 3.59. The van der Waals surface area contributed by atoms with Gasteiger partial charge in [0.2, 0.25) is 0 Å². The number of allylic oxidation sites excluding steroid dienone is 1. The smallest absolute Gasteiger partial charge is 0.199 e. The highest BCUT2D eigenvalue weighted by Gasteiger charge is 2.19. The van der Waals surface area contributed by atoms with Crippen molar-refractivity contribution in [2.45, 2.75) is 39.5 Å². The minimum absolute atomic E-state index is 0.147. The van der Waals surface area contributed by atoms with Gasteiger partial charge >= 0.3 is 0 Å². The van der Waals surface area contributed by atoms with Crippen molar-refractivity contribution in [3.8, 4) is 0 Å². The van der Waals surface area contributed by atoms with Gasteiger partial charge in [0.25, 0.3) is 0 Å². The Balaban J connectivity index is 2.15. The summed E-state index contributed by atoms with van der Waals surface area (Å²) in [5.74, 6) is 0.902. The van der Waals surface area contributed by atoms with E-state index in [-0.39, 0.29) is 5.54 Å². The summed E-state index contributed by atoms with van der Waals surface area (Å²) in [5.41, 5.74) is 1.09. The second kappa shape index (κ2) is 6.37. The Morgan fingerprint density at radius 3 is 2.62 bits per heavy atom. The number of hydrogen-bond donors (Lipinski definition) is 1. The predicted molar refractivity (Wildman–Crippen MR) is 88.6 cm³/mol. The molecule has 0 fully saturated rings. The average molecular weight is 302 g/mol. The van der Waals surface area contributed by atoms with Crippen molar-refractivity contribution < 1.29 is 0 Å². The molecule has 0 aliphatic carbocycles. The van der Waals surface area contributed by atoms with Crippen molar-refractivity contribution in [3.63, 3.8) is 0 Å². The Labute approximate surface area is 131 Å². The van der Waals surface area contributed by atoms with Gasteiger partial charge in [-0.25, -0.2) is 4.68 Å². The lowest BCUT2D eigenvalue weighted by atomic mass is 9.95. The number of rotatable bonds is 6. The molecule has 0 unspecified atom stereocenters. The predicted octanol–water partition coefficient (Wildman–Crippen LogP) is 3.39. The lowest BCUT2D eigenvalue weighted by Crippen LogP contribution is -2.38. The van der Waals surface area contributed by atoms with Crippen LogP contribution in [0.1, 0.15) is 25.2 Å². The fourth-order valence-corrected chi connectivity index (χ4v) is 2.53. The minimum atomic E-state index is -0.147. The number of nitrogens with one attached hydrogen (secondary N) is 1. The Morgan fingerprint density at radius 2 is 2.00 bits per heavy atom. The van der Waals surface area contributed by atoms with Crippen LogP contribution in [0.15, 0.2) is 43.0 Å². The zero-order chi connectivity index (χ0) is 15.5. The molecule has 0 bridgehead atoms. The third kappa shape index (κ3) is 3.49. The van der Waals surface area contributed by atoms with E-state index in [1.807, 2.05) is 40.4 Å². The summed E-state index contributed by atoms with van der Waals surface area (Å²) in [7, 11) is 0. The molecule has 0 aliphatic heterocycles. The van der Waals surface area contributed by atoms with Crippen LogP contribution >= 0.6 is 12.2 Å². The van der Waals surface area contributed by atoms with Gasteiger partial charge in [-0.1, -0.05) is 36.4 Å². The van der Waals surface area contributed by atoms with Gasteiger partial charge in [-0.05, 0) is 38.6 Å². The maximum absolute atomic E-state index is 5.46. The summed E-state index contributed by atoms with van der Waals surface area (Å²) in [6, 6.07) is 10.4. The standard InChI is InChI=1S/C16H22N4S/c1-5-11-19-13(2)18-20(15(19)21)12-17-16(3,4)14-9-7-6-8-10-14/h5-10,17H,1,11-12H2,2-4H3. The summed E-state index contributed by atoms with van der Waals surface area (Å²) in [6.45, 7) is 11.3. The molecular formula is C16H22N4S. The summed E-state index contributed by atoms with van der Waals surface area (Å²) in [4.78, 5) is 0. The number of nitrogens with zero attached hydrogens (tertiary/aromatic N) is 3. The normalized spacial score (nSPS) is 11.6. The summed E-state index contributed by atoms with van der Waals surface area (Å²) >= 11 is 5.46. The quantitative estimate of drug-likeness (QED) is 0.656. The largest absolute Gasteiger partial charge is 0.300 e. The first-order valence-electron chi connectivity index (χ1n) is 7.01. The summed E-state index contributed by atoms with van der Waals surface area (Å²) < 4.78 is 4.50. The fourth-order valence-electron chi connectivity index (χ4n) is 2.22. The van der Waals surface area contributed by atoms with E-state index in [4.69, 9.17) is 12.2 Å². The Morgan fingerprint density at radius 1 is 1.33 bits per heavy atom. The van der Waals surface area contributed by atoms with Crippen LogP contribution in [0.3, 0.4) is 0 Å². The van der Waals surface area contributed by atoms with E-state index in [1.54, 1.807) is 0 Å². The molecule has 0 spiro atoms. The molecule has 0 saturated heterocycles. The highest BCUT2D eigenvalue weighted by atomic mass is 32.1. The zero-order valence-electron chi connectivity index (χ0n) is 12.8. The van der Waals surface area contributed by atoms with Crippen LogP contribution in [-0.4, -0.2) is 14.3 Å². The summed E-state index contributed by atoms with van der Waals surface area (Å²) in [6.07, 6.45) is 1.83. The van der Waals surface area contributed by atoms with Crippen molar-refractivity contribution in [2.75, 3.05) is 0 Å². The van der Waals surface area contributed by atoms with Gasteiger partial charge in [0.05, 0.1) is 6.67 Å². The zero-order valence-corrected chi connectivity index (χ0v) is 13.7. The summed E-state index contributed by atoms with van der Waals surface area (Å²) in [5, 5.41) is 8.00. The molecule has 5 heteroatoms. The van der Waals surface area contributed by atoms with Crippen LogP contribution in [0.25, 0.3) is 0 Å². The fraction of sp³-hybridized carbons (Fsp3) is 0.375. The molecule has 112 valence electrons. The molecule has 0 aliphatic rings. The molecule has 0 atom stereocenters. The molecule has 2 rings (SSSR count). The maximum Gasteiger partial charge on any atom is 0.199 e. The van der Waals surface area contributed by atoms with Gasteiger partial charge in [-0.15, -0.1) is 6.58 Å². The second-order valence-electron chi connectivity index (χ2n) is 5.55. The van der Waals surface area contributed by atoms with Crippen LogP contribution in [0.5, 0.6) is 0 Å². The van der Waals surface area contributed by atoms with E-state index >= 15 is 0 Å². The van der Waals surface area contributed by atoms with Crippen molar-refractivity contribution in [1.82, 2.24) is 19.7 Å². The van der Waals surface area contributed by atoms with Gasteiger partial charge in [0, 0.05) is 12.1 Å². The van der Waals surface area contributed by atoms with Crippen molar-refractivity contribution in [3.05, 3.63) is 59.1 Å². The molecule has 2 aromatic rings. The van der Waals surface area contributed by atoms with Gasteiger partial charge < -0.3 is 4.57 Å². The highest BCUT2D eigenvalue weighted by Crippen LogP contribution is 2.19. The molecule has 21 heavy (non-hydrogen) atoms. The van der Waals surface area contributed by atoms with Gasteiger partial charge in [0.15, 0.2) is 4.77 Å². The van der Waals surface area contributed by atoms with Crippen molar-refractivity contribution in [2.24, 2.45) is 0 Å². The Hall–Kier alpha value is -1.72. The average Bonchev–Trinajstić information content (AvgIpc) is 2.74. The molecule has 1 aromatic carbocycles. The van der Waals surface area contributed by atoms with Gasteiger partial charge in [0.1, 0.15) is 5.82 Å². The topological polar surface area (TPSA) is 34.8 Å². The van der Waals surface area contributed by atoms with E-state index < -0.39 is 0 Å². The molecule has 0 amide bonds. The first kappa shape index (κ1) is 15.7. The number of aromatic nitrogens is 3. The number of benzene rings is 1. The number of aryl methyl sites for hydroxylation is 1. The molecule has 0 radical (unpaired) electrons. The first-order chi connectivity index (χ1) is 9.95. The molecular weight excluding hydrogens is 280 g/mol. The van der Waals surface area contributed by atoms with E-state index in [0.717, 1.165) is 5.82 Å². The molecule has 0 saturated carbocycles. The lowest BCUT2D eigenvalue weighted by molar-refractivity contribution is 0.343. The van der Waals surface area contributed by atoms with E-state index in [1.165, 1.54) is 5.56 Å². The minimum Gasteiger partial charge on any atom is -0.300 e. The second-order valence-corrected chi connectivity index (χ2v) is 5.92. The van der Waals surface area contributed by atoms with Crippen LogP contribution in [0, 0.1) is 11.7 Å². The monoisotopic (exact) mass is 302 g/mol. The van der Waals surface area contributed by atoms with Crippen LogP contribution in [0.2, 0.25) is 0 Å². The SMILES string of the molecule is C=CCn1c(C)nn(CNC(C)(C)c2ccccc2)c1=S. The molecule has 1 N–H and O–H groups in total. The van der Waals surface area contributed by atoms with E-state index in [0.29, 0.717) is 18.0 Å². The molecule has 1 aromatic heterocycles. The van der Waals surface area contributed by atoms with Crippen LogP contribution < -0.4 is 5.32 Å². The first-order valence-corrected chi connectivity index (χ1v) is 7.42. The molecule has 4 nitrogen and oxygen atoms in total. The highest BCUT2D eigenvalue weighted by molar-refractivity contribution is 7.71.